The lowest BCUT2D eigenvalue weighted by molar-refractivity contribution is -0.0674. The Balaban J connectivity index is 1.38. The minimum absolute atomic E-state index is 0.0296. The second-order valence-corrected chi connectivity index (χ2v) is 13.1. The number of aliphatic hydroxyl groups is 2. The molecule has 1 saturated heterocycles. The SMILES string of the molecule is CC(C)[C@@H](C)CC[C@@H](C)[C@H]1CC[C@H]2C3=C[C@@H](O)[C@@]45O[C@@H]4[C@@H](O)CC[C@]5(C)[C@H]3CC[C@]12C. The van der Waals surface area contributed by atoms with E-state index in [4.69, 9.17) is 4.74 Å². The number of hydrogen-bond donors (Lipinski definition) is 2. The average molecular weight is 431 g/mol. The highest BCUT2D eigenvalue weighted by Gasteiger charge is 2.78. The van der Waals surface area contributed by atoms with Gasteiger partial charge in [0.15, 0.2) is 0 Å². The standard InChI is InChI=1S/C28H46O3/c1-16(2)17(3)7-8-18(4)20-9-10-21-19-15-24(30)28-25(31-28)23(29)12-14-27(28,6)22(19)11-13-26(20,21)5/h15-18,20-25,29-30H,7-14H2,1-6H3/t17-,18+,20+,21-,22-,23-,24+,25+,26+,27+,28+/m0/s1. The van der Waals surface area contributed by atoms with Crippen molar-refractivity contribution in [3.05, 3.63) is 11.6 Å². The topological polar surface area (TPSA) is 53.0 Å². The molecule has 4 fully saturated rings. The molecule has 2 N–H and O–H groups in total. The third-order valence-electron chi connectivity index (χ3n) is 11.5. The molecule has 0 aromatic carbocycles. The molecule has 0 unspecified atom stereocenters. The van der Waals surface area contributed by atoms with E-state index < -0.39 is 17.8 Å². The second kappa shape index (κ2) is 7.31. The van der Waals surface area contributed by atoms with Crippen molar-refractivity contribution in [1.29, 1.82) is 0 Å². The Morgan fingerprint density at radius 3 is 2.42 bits per heavy atom. The van der Waals surface area contributed by atoms with E-state index in [1.807, 2.05) is 0 Å². The van der Waals surface area contributed by atoms with Crippen molar-refractivity contribution >= 4 is 0 Å². The second-order valence-electron chi connectivity index (χ2n) is 13.1. The summed E-state index contributed by atoms with van der Waals surface area (Å²) in [5.41, 5.74) is 1.38. The van der Waals surface area contributed by atoms with Crippen LogP contribution in [0, 0.1) is 46.3 Å². The summed E-state index contributed by atoms with van der Waals surface area (Å²) in [6.07, 6.45) is 10.7. The van der Waals surface area contributed by atoms with Gasteiger partial charge in [-0.1, -0.05) is 66.0 Å². The Labute approximate surface area is 190 Å². The van der Waals surface area contributed by atoms with Crippen molar-refractivity contribution in [1.82, 2.24) is 0 Å². The molecule has 0 aromatic heterocycles. The van der Waals surface area contributed by atoms with Gasteiger partial charge in [0, 0.05) is 5.41 Å². The number of ether oxygens (including phenoxy) is 1. The lowest BCUT2D eigenvalue weighted by atomic mass is 9.47. The third kappa shape index (κ3) is 2.94. The lowest BCUT2D eigenvalue weighted by Gasteiger charge is -2.57. The first-order valence-corrected chi connectivity index (χ1v) is 13.3. The summed E-state index contributed by atoms with van der Waals surface area (Å²) in [5, 5.41) is 21.7. The van der Waals surface area contributed by atoms with Crippen LogP contribution in [0.15, 0.2) is 11.6 Å². The number of hydrogen-bond acceptors (Lipinski definition) is 3. The molecule has 0 bridgehead atoms. The Morgan fingerprint density at radius 1 is 0.968 bits per heavy atom. The summed E-state index contributed by atoms with van der Waals surface area (Å²) >= 11 is 0. The Hall–Kier alpha value is -0.380. The van der Waals surface area contributed by atoms with Crippen molar-refractivity contribution in [3.63, 3.8) is 0 Å². The van der Waals surface area contributed by atoms with Crippen LogP contribution in [0.3, 0.4) is 0 Å². The highest BCUT2D eigenvalue weighted by molar-refractivity contribution is 5.38. The van der Waals surface area contributed by atoms with Crippen LogP contribution in [0.25, 0.3) is 0 Å². The molecule has 3 saturated carbocycles. The van der Waals surface area contributed by atoms with E-state index in [-0.39, 0.29) is 11.5 Å². The van der Waals surface area contributed by atoms with E-state index >= 15 is 0 Å². The first-order chi connectivity index (χ1) is 14.6. The number of allylic oxidation sites excluding steroid dienone is 1. The number of aliphatic hydroxyl groups excluding tert-OH is 2. The fraction of sp³-hybridized carbons (Fsp3) is 0.929. The molecule has 5 rings (SSSR count). The first kappa shape index (κ1) is 22.4. The monoisotopic (exact) mass is 430 g/mol. The summed E-state index contributed by atoms with van der Waals surface area (Å²) < 4.78 is 6.17. The maximum absolute atomic E-state index is 11.3. The van der Waals surface area contributed by atoms with Gasteiger partial charge in [0.05, 0.1) is 6.10 Å². The normalized spacial score (nSPS) is 52.5. The van der Waals surface area contributed by atoms with E-state index in [1.165, 1.54) is 38.5 Å². The van der Waals surface area contributed by atoms with Gasteiger partial charge in [0.2, 0.25) is 0 Å². The predicted molar refractivity (Wildman–Crippen MR) is 124 cm³/mol. The zero-order valence-corrected chi connectivity index (χ0v) is 20.7. The van der Waals surface area contributed by atoms with Crippen LogP contribution in [-0.2, 0) is 4.74 Å². The molecule has 5 aliphatic rings. The van der Waals surface area contributed by atoms with Crippen LogP contribution in [0.5, 0.6) is 0 Å². The minimum Gasteiger partial charge on any atom is -0.390 e. The Kier molecular flexibility index (Phi) is 5.28. The molecule has 0 amide bonds. The van der Waals surface area contributed by atoms with E-state index in [0.717, 1.165) is 36.5 Å². The van der Waals surface area contributed by atoms with E-state index in [9.17, 15) is 10.2 Å². The molecular weight excluding hydrogens is 384 g/mol. The van der Waals surface area contributed by atoms with Gasteiger partial charge < -0.3 is 14.9 Å². The third-order valence-corrected chi connectivity index (χ3v) is 11.5. The molecule has 0 aromatic rings. The van der Waals surface area contributed by atoms with Gasteiger partial charge >= 0.3 is 0 Å². The van der Waals surface area contributed by atoms with Crippen LogP contribution >= 0.6 is 0 Å². The minimum atomic E-state index is -0.561. The molecule has 3 nitrogen and oxygen atoms in total. The highest BCUT2D eigenvalue weighted by atomic mass is 16.6. The molecule has 11 atom stereocenters. The van der Waals surface area contributed by atoms with Crippen LogP contribution in [0.2, 0.25) is 0 Å². The molecule has 3 heteroatoms. The maximum atomic E-state index is 11.3. The lowest BCUT2D eigenvalue weighted by Crippen LogP contribution is -2.60. The smallest absolute Gasteiger partial charge is 0.133 e. The Bertz CT molecular complexity index is 745. The van der Waals surface area contributed by atoms with Crippen LogP contribution in [-0.4, -0.2) is 34.1 Å². The fourth-order valence-corrected chi connectivity index (χ4v) is 9.07. The van der Waals surface area contributed by atoms with Crippen LogP contribution in [0.4, 0.5) is 0 Å². The quantitative estimate of drug-likeness (QED) is 0.432. The highest BCUT2D eigenvalue weighted by Crippen LogP contribution is 2.72. The van der Waals surface area contributed by atoms with Crippen molar-refractivity contribution < 1.29 is 14.9 Å². The van der Waals surface area contributed by atoms with Gasteiger partial charge in [-0.3, -0.25) is 0 Å². The number of fused-ring (bicyclic) bond motifs is 4. The first-order valence-electron chi connectivity index (χ1n) is 13.3. The van der Waals surface area contributed by atoms with Crippen molar-refractivity contribution in [3.8, 4) is 0 Å². The molecule has 1 heterocycles. The summed E-state index contributed by atoms with van der Waals surface area (Å²) in [6, 6.07) is 0. The number of rotatable bonds is 5. The molecule has 1 aliphatic heterocycles. The van der Waals surface area contributed by atoms with Crippen LogP contribution < -0.4 is 0 Å². The van der Waals surface area contributed by atoms with Gasteiger partial charge in [-0.2, -0.15) is 0 Å². The molecule has 176 valence electrons. The van der Waals surface area contributed by atoms with Gasteiger partial charge in [0.25, 0.3) is 0 Å². The van der Waals surface area contributed by atoms with Crippen molar-refractivity contribution in [2.45, 2.75) is 117 Å². The number of epoxide rings is 1. The molecule has 31 heavy (non-hydrogen) atoms. The maximum Gasteiger partial charge on any atom is 0.133 e. The van der Waals surface area contributed by atoms with Crippen LogP contribution in [0.1, 0.15) is 92.9 Å². The summed E-state index contributed by atoms with van der Waals surface area (Å²) in [4.78, 5) is 0. The zero-order chi connectivity index (χ0) is 22.3. The molecular formula is C28H46O3. The summed E-state index contributed by atoms with van der Waals surface area (Å²) in [5.74, 6) is 4.31. The predicted octanol–water partition coefficient (Wildman–Crippen LogP) is 5.74. The summed E-state index contributed by atoms with van der Waals surface area (Å²) in [7, 11) is 0. The van der Waals surface area contributed by atoms with Gasteiger partial charge in [0.1, 0.15) is 17.8 Å². The molecule has 4 aliphatic carbocycles. The van der Waals surface area contributed by atoms with E-state index in [2.05, 4.69) is 47.6 Å². The summed E-state index contributed by atoms with van der Waals surface area (Å²) in [6.45, 7) is 14.6. The largest absolute Gasteiger partial charge is 0.390 e. The van der Waals surface area contributed by atoms with E-state index in [1.54, 1.807) is 5.57 Å². The van der Waals surface area contributed by atoms with Gasteiger partial charge in [-0.15, -0.1) is 0 Å². The van der Waals surface area contributed by atoms with E-state index in [0.29, 0.717) is 17.3 Å². The zero-order valence-electron chi connectivity index (χ0n) is 20.7. The average Bonchev–Trinajstić information content (AvgIpc) is 3.40. The van der Waals surface area contributed by atoms with Crippen molar-refractivity contribution in [2.75, 3.05) is 0 Å². The fourth-order valence-electron chi connectivity index (χ4n) is 9.07. The molecule has 0 radical (unpaired) electrons. The molecule has 1 spiro atoms. The van der Waals surface area contributed by atoms with Crippen molar-refractivity contribution in [2.24, 2.45) is 46.3 Å². The van der Waals surface area contributed by atoms with Gasteiger partial charge in [-0.05, 0) is 79.4 Å². The Morgan fingerprint density at radius 2 is 1.71 bits per heavy atom. The van der Waals surface area contributed by atoms with Gasteiger partial charge in [-0.25, -0.2) is 0 Å².